The van der Waals surface area contributed by atoms with E-state index in [0.29, 0.717) is 11.3 Å². The van der Waals surface area contributed by atoms with Gasteiger partial charge in [0.05, 0.1) is 11.3 Å². The van der Waals surface area contributed by atoms with Crippen molar-refractivity contribution >= 4 is 21.6 Å². The molecule has 8 heteroatoms. The molecular formula is C17H12BrN5O2. The zero-order valence-corrected chi connectivity index (χ0v) is 15.0. The maximum absolute atomic E-state index is 9.43. The summed E-state index contributed by atoms with van der Waals surface area (Å²) in [6.45, 7) is 3.40. The van der Waals surface area contributed by atoms with Crippen molar-refractivity contribution in [1.29, 1.82) is 15.8 Å². The van der Waals surface area contributed by atoms with Crippen molar-refractivity contribution in [1.82, 2.24) is 0 Å². The van der Waals surface area contributed by atoms with Gasteiger partial charge in [-0.2, -0.15) is 15.8 Å². The van der Waals surface area contributed by atoms with E-state index in [4.69, 9.17) is 15.3 Å². The van der Waals surface area contributed by atoms with Gasteiger partial charge in [-0.15, -0.1) is 0 Å². The summed E-state index contributed by atoms with van der Waals surface area (Å²) in [6, 6.07) is 12.2. The van der Waals surface area contributed by atoms with Gasteiger partial charge < -0.3 is 15.3 Å². The van der Waals surface area contributed by atoms with Crippen LogP contribution in [0.5, 0.6) is 0 Å². The van der Waals surface area contributed by atoms with Gasteiger partial charge in [-0.25, -0.2) is 0 Å². The smallest absolute Gasteiger partial charge is 0.333 e. The van der Waals surface area contributed by atoms with Crippen LogP contribution in [0.15, 0.2) is 56.5 Å². The number of allylic oxidation sites excluding steroid dienone is 1. The number of nitrogens with two attached hydrogens (primary N) is 1. The number of oxime groups is 1. The first-order valence-electron chi connectivity index (χ1n) is 6.99. The molecule has 0 bridgehead atoms. The van der Waals surface area contributed by atoms with Crippen molar-refractivity contribution in [3.63, 3.8) is 0 Å². The Labute approximate surface area is 153 Å². The fourth-order valence-electron chi connectivity index (χ4n) is 2.23. The molecule has 0 aliphatic carbocycles. The van der Waals surface area contributed by atoms with E-state index in [0.717, 1.165) is 4.47 Å². The molecule has 1 aromatic carbocycles. The molecule has 124 valence electrons. The summed E-state index contributed by atoms with van der Waals surface area (Å²) in [5.41, 5.74) is 6.27. The predicted molar refractivity (Wildman–Crippen MR) is 91.9 cm³/mol. The third-order valence-electron chi connectivity index (χ3n) is 3.25. The Bertz CT molecular complexity index is 906. The lowest BCUT2D eigenvalue weighted by atomic mass is 9.90. The zero-order chi connectivity index (χ0) is 18.6. The number of halogens is 1. The van der Waals surface area contributed by atoms with Gasteiger partial charge in [-0.1, -0.05) is 21.1 Å². The van der Waals surface area contributed by atoms with Crippen molar-refractivity contribution in [2.75, 3.05) is 0 Å². The topological polar surface area (TPSA) is 128 Å². The highest BCUT2D eigenvalue weighted by atomic mass is 79.9. The second kappa shape index (κ2) is 7.09. The van der Waals surface area contributed by atoms with E-state index in [2.05, 4.69) is 21.1 Å². The Morgan fingerprint density at radius 2 is 1.80 bits per heavy atom. The van der Waals surface area contributed by atoms with Crippen LogP contribution in [0.3, 0.4) is 0 Å². The molecule has 0 amide bonds. The van der Waals surface area contributed by atoms with Crippen molar-refractivity contribution in [2.24, 2.45) is 10.9 Å². The minimum absolute atomic E-state index is 0.0650. The van der Waals surface area contributed by atoms with Crippen molar-refractivity contribution in [2.45, 2.75) is 19.6 Å². The van der Waals surface area contributed by atoms with E-state index >= 15 is 0 Å². The normalized spacial score (nSPS) is 18.5. The summed E-state index contributed by atoms with van der Waals surface area (Å²) in [5, 5.41) is 32.0. The van der Waals surface area contributed by atoms with Crippen LogP contribution in [0, 0.1) is 34.0 Å². The Balaban J connectivity index is 2.84. The van der Waals surface area contributed by atoms with Crippen LogP contribution >= 0.6 is 15.9 Å². The summed E-state index contributed by atoms with van der Waals surface area (Å²) in [4.78, 5) is 5.60. The van der Waals surface area contributed by atoms with Gasteiger partial charge in [0.25, 0.3) is 0 Å². The van der Waals surface area contributed by atoms with Gasteiger partial charge >= 0.3 is 5.79 Å². The van der Waals surface area contributed by atoms with Gasteiger partial charge in [-0.05, 0) is 38.1 Å². The lowest BCUT2D eigenvalue weighted by molar-refractivity contribution is -0.187. The molecule has 0 spiro atoms. The molecule has 0 saturated carbocycles. The average molecular weight is 398 g/mol. The molecule has 2 N–H and O–H groups in total. The van der Waals surface area contributed by atoms with Crippen LogP contribution in [0.1, 0.15) is 19.4 Å². The fraction of sp³-hybridized carbons (Fsp3) is 0.176. The molecule has 0 fully saturated rings. The van der Waals surface area contributed by atoms with Gasteiger partial charge in [-0.3, -0.25) is 0 Å². The van der Waals surface area contributed by atoms with Crippen LogP contribution in [0.2, 0.25) is 0 Å². The number of nitrogens with zero attached hydrogens (tertiary/aromatic N) is 4. The van der Waals surface area contributed by atoms with Crippen LogP contribution < -0.4 is 5.73 Å². The fourth-order valence-corrected chi connectivity index (χ4v) is 2.49. The summed E-state index contributed by atoms with van der Waals surface area (Å²) < 4.78 is 6.45. The summed E-state index contributed by atoms with van der Waals surface area (Å²) in [5.74, 6) is -2.04. The third kappa shape index (κ3) is 3.19. The molecule has 0 unspecified atom stereocenters. The monoisotopic (exact) mass is 397 g/mol. The second-order valence-electron chi connectivity index (χ2n) is 5.18. The highest BCUT2D eigenvalue weighted by Crippen LogP contribution is 2.47. The summed E-state index contributed by atoms with van der Waals surface area (Å²) in [6.07, 6.45) is 0. The van der Waals surface area contributed by atoms with Crippen LogP contribution in [-0.2, 0) is 15.4 Å². The Morgan fingerprint density at radius 1 is 1.20 bits per heavy atom. The molecule has 7 nitrogen and oxygen atoms in total. The number of rotatable bonds is 3. The van der Waals surface area contributed by atoms with Crippen LogP contribution in [-0.4, -0.2) is 5.71 Å². The number of hydrogen-bond acceptors (Lipinski definition) is 7. The number of ether oxygens (including phenoxy) is 1. The van der Waals surface area contributed by atoms with E-state index < -0.39 is 5.79 Å². The molecule has 25 heavy (non-hydrogen) atoms. The van der Waals surface area contributed by atoms with E-state index in [1.807, 2.05) is 6.07 Å². The number of benzene rings is 1. The van der Waals surface area contributed by atoms with Gasteiger partial charge in [0, 0.05) is 10.0 Å². The highest BCUT2D eigenvalue weighted by Gasteiger charge is 2.52. The molecule has 1 aliphatic heterocycles. The van der Waals surface area contributed by atoms with Gasteiger partial charge in [0.1, 0.15) is 29.4 Å². The molecule has 2 rings (SSSR count). The average Bonchev–Trinajstić information content (AvgIpc) is 2.88. The third-order valence-corrected chi connectivity index (χ3v) is 3.77. The highest BCUT2D eigenvalue weighted by molar-refractivity contribution is 9.10. The van der Waals surface area contributed by atoms with E-state index in [-0.39, 0.29) is 22.6 Å². The summed E-state index contributed by atoms with van der Waals surface area (Å²) >= 11 is 3.33. The van der Waals surface area contributed by atoms with Crippen LogP contribution in [0.25, 0.3) is 0 Å². The molecule has 0 radical (unpaired) electrons. The van der Waals surface area contributed by atoms with Crippen LogP contribution in [0.4, 0.5) is 0 Å². The molecule has 1 atom stereocenters. The lowest BCUT2D eigenvalue weighted by Crippen LogP contribution is -2.32. The molecular weight excluding hydrogens is 386 g/mol. The van der Waals surface area contributed by atoms with E-state index in [9.17, 15) is 15.8 Å². The number of hydrogen-bond donors (Lipinski definition) is 1. The summed E-state index contributed by atoms with van der Waals surface area (Å²) in [7, 11) is 0. The first-order valence-corrected chi connectivity index (χ1v) is 7.78. The molecule has 0 saturated heterocycles. The molecule has 1 aliphatic rings. The first-order chi connectivity index (χ1) is 11.9. The lowest BCUT2D eigenvalue weighted by Gasteiger charge is -2.28. The Hall–Kier alpha value is -3.28. The maximum atomic E-state index is 9.43. The Morgan fingerprint density at radius 3 is 2.28 bits per heavy atom. The van der Waals surface area contributed by atoms with E-state index in [1.165, 1.54) is 0 Å². The number of nitriles is 3. The second-order valence-corrected chi connectivity index (χ2v) is 6.10. The zero-order valence-electron chi connectivity index (χ0n) is 13.4. The standard InChI is InChI=1S/C17H12BrN5O2/c1-10(2)23-25-17(12-3-5-13(18)6-4-12)15(11(7-19)8-20)14(9-21)16(22)24-17/h3-6H,22H2,1-2H3/t17-/m1/s1. The molecule has 0 aromatic heterocycles. The van der Waals surface area contributed by atoms with E-state index in [1.54, 1.807) is 50.3 Å². The molecule has 1 heterocycles. The molecule has 1 aromatic rings. The van der Waals surface area contributed by atoms with Gasteiger partial charge in [0.15, 0.2) is 0 Å². The minimum Gasteiger partial charge on any atom is -0.426 e. The quantitative estimate of drug-likeness (QED) is 0.473. The van der Waals surface area contributed by atoms with Crippen molar-refractivity contribution < 1.29 is 9.57 Å². The predicted octanol–water partition coefficient (Wildman–Crippen LogP) is 3.08. The SMILES string of the molecule is CC(C)=NO[C@@]1(c2ccc(Br)cc2)OC(N)=C(C#N)C1=C(C#N)C#N. The maximum Gasteiger partial charge on any atom is 0.333 e. The van der Waals surface area contributed by atoms with Crippen molar-refractivity contribution in [3.8, 4) is 18.2 Å². The largest absolute Gasteiger partial charge is 0.426 e. The first kappa shape index (κ1) is 18.1. The van der Waals surface area contributed by atoms with Crippen molar-refractivity contribution in [3.05, 3.63) is 56.9 Å². The Kier molecular flexibility index (Phi) is 5.12. The minimum atomic E-state index is -1.80. The van der Waals surface area contributed by atoms with Gasteiger partial charge in [0.2, 0.25) is 5.88 Å².